The quantitative estimate of drug-likeness (QED) is 0.205. The maximum atomic E-state index is 9.89. The van der Waals surface area contributed by atoms with Crippen molar-refractivity contribution >= 4 is 55.7 Å². The number of hydrogen-bond donors (Lipinski definition) is 2. The number of phenols is 2. The number of aromatic hydroxyl groups is 2. The summed E-state index contributed by atoms with van der Waals surface area (Å²) in [5.41, 5.74) is 2.88. The van der Waals surface area contributed by atoms with Crippen LogP contribution in [0.25, 0.3) is 0 Å². The van der Waals surface area contributed by atoms with Crippen molar-refractivity contribution in [3.8, 4) is 23.0 Å². The summed E-state index contributed by atoms with van der Waals surface area (Å²) < 4.78 is 12.1. The fraction of sp³-hybridized carbons (Fsp3) is 0.0714. The Balaban J connectivity index is 0.000000253. The molecular formula is C28H24Br2CoN2O4. The summed E-state index contributed by atoms with van der Waals surface area (Å²) in [6, 6.07) is 25.8. The van der Waals surface area contributed by atoms with E-state index in [1.807, 2.05) is 60.7 Å². The zero-order chi connectivity index (χ0) is 25.9. The minimum Gasteiger partial charge on any atom is -0.504 e. The summed E-state index contributed by atoms with van der Waals surface area (Å²) in [6.45, 7) is 0. The first kappa shape index (κ1) is 30.1. The molecule has 0 spiro atoms. The van der Waals surface area contributed by atoms with Crippen LogP contribution in [0.1, 0.15) is 11.1 Å². The predicted molar refractivity (Wildman–Crippen MR) is 152 cm³/mol. The van der Waals surface area contributed by atoms with E-state index >= 15 is 0 Å². The normalized spacial score (nSPS) is 10.5. The first-order valence-electron chi connectivity index (χ1n) is 10.7. The molecule has 0 aromatic heterocycles. The molecule has 0 unspecified atom stereocenters. The smallest absolute Gasteiger partial charge is 0.166 e. The Morgan fingerprint density at radius 1 is 0.595 bits per heavy atom. The van der Waals surface area contributed by atoms with E-state index in [9.17, 15) is 10.2 Å². The SMILES string of the molecule is COc1cccc(C=Nc2ccc(Br)cc2)c1O.COc1cccc(C=Nc2ccc(Br)cc2)c1O.[Co]. The molecule has 0 atom stereocenters. The fourth-order valence-corrected chi connectivity index (χ4v) is 3.49. The molecule has 37 heavy (non-hydrogen) atoms. The maximum Gasteiger partial charge on any atom is 0.166 e. The minimum absolute atomic E-state index is 0. The molecule has 193 valence electrons. The van der Waals surface area contributed by atoms with Gasteiger partial charge in [0, 0.05) is 49.3 Å². The Labute approximate surface area is 243 Å². The second-order valence-corrected chi connectivity index (χ2v) is 9.10. The summed E-state index contributed by atoms with van der Waals surface area (Å²) in [5, 5.41) is 19.8. The van der Waals surface area contributed by atoms with Crippen LogP contribution in [0.3, 0.4) is 0 Å². The van der Waals surface area contributed by atoms with Crippen molar-refractivity contribution in [1.29, 1.82) is 0 Å². The van der Waals surface area contributed by atoms with Crippen molar-refractivity contribution in [2.45, 2.75) is 0 Å². The molecule has 9 heteroatoms. The van der Waals surface area contributed by atoms with Gasteiger partial charge in [-0.25, -0.2) is 0 Å². The van der Waals surface area contributed by atoms with Gasteiger partial charge in [0.2, 0.25) is 0 Å². The summed E-state index contributed by atoms with van der Waals surface area (Å²) in [6.07, 6.45) is 3.22. The van der Waals surface area contributed by atoms with E-state index in [4.69, 9.17) is 9.47 Å². The van der Waals surface area contributed by atoms with Gasteiger partial charge in [0.05, 0.1) is 25.6 Å². The van der Waals surface area contributed by atoms with Crippen molar-refractivity contribution in [1.82, 2.24) is 0 Å². The Kier molecular flexibility index (Phi) is 12.4. The van der Waals surface area contributed by atoms with Gasteiger partial charge in [-0.3, -0.25) is 9.98 Å². The Morgan fingerprint density at radius 3 is 1.27 bits per heavy atom. The minimum atomic E-state index is 0. The third-order valence-corrected chi connectivity index (χ3v) is 5.92. The summed E-state index contributed by atoms with van der Waals surface area (Å²) in [5.74, 6) is 1.08. The number of halogens is 2. The predicted octanol–water partition coefficient (Wildman–Crippen LogP) is 7.83. The van der Waals surface area contributed by atoms with E-state index in [1.165, 1.54) is 14.2 Å². The Bertz CT molecular complexity index is 1240. The van der Waals surface area contributed by atoms with Gasteiger partial charge in [-0.05, 0) is 72.8 Å². The molecule has 2 N–H and O–H groups in total. The Morgan fingerprint density at radius 2 is 0.946 bits per heavy atom. The molecule has 4 aromatic carbocycles. The van der Waals surface area contributed by atoms with Crippen LogP contribution in [-0.2, 0) is 16.8 Å². The second-order valence-electron chi connectivity index (χ2n) is 7.27. The average molecular weight is 671 g/mol. The second kappa shape index (κ2) is 15.2. The van der Waals surface area contributed by atoms with Crippen LogP contribution in [0.15, 0.2) is 104 Å². The van der Waals surface area contributed by atoms with Crippen molar-refractivity contribution in [2.75, 3.05) is 14.2 Å². The van der Waals surface area contributed by atoms with Crippen molar-refractivity contribution < 1.29 is 36.5 Å². The zero-order valence-corrected chi connectivity index (χ0v) is 24.1. The number of nitrogens with zero attached hydrogens (tertiary/aromatic N) is 2. The molecule has 4 rings (SSSR count). The van der Waals surface area contributed by atoms with Gasteiger partial charge in [0.1, 0.15) is 0 Å². The van der Waals surface area contributed by atoms with Gasteiger partial charge in [-0.15, -0.1) is 0 Å². The van der Waals surface area contributed by atoms with Crippen LogP contribution in [-0.4, -0.2) is 36.9 Å². The topological polar surface area (TPSA) is 83.6 Å². The van der Waals surface area contributed by atoms with Crippen LogP contribution < -0.4 is 9.47 Å². The molecule has 1 radical (unpaired) electrons. The van der Waals surface area contributed by atoms with Crippen LogP contribution in [0.4, 0.5) is 11.4 Å². The van der Waals surface area contributed by atoms with E-state index in [0.29, 0.717) is 22.6 Å². The van der Waals surface area contributed by atoms with Gasteiger partial charge in [-0.2, -0.15) is 0 Å². The maximum absolute atomic E-state index is 9.89. The molecule has 0 saturated carbocycles. The Hall–Kier alpha value is -3.11. The number of methoxy groups -OCH3 is 2. The molecule has 6 nitrogen and oxygen atoms in total. The van der Waals surface area contributed by atoms with Crippen LogP contribution in [0.5, 0.6) is 23.0 Å². The zero-order valence-electron chi connectivity index (χ0n) is 19.9. The van der Waals surface area contributed by atoms with Crippen molar-refractivity contribution in [3.63, 3.8) is 0 Å². The number of aliphatic imine (C=N–C) groups is 2. The molecule has 0 aliphatic heterocycles. The van der Waals surface area contributed by atoms with Gasteiger partial charge < -0.3 is 19.7 Å². The van der Waals surface area contributed by atoms with E-state index in [2.05, 4.69) is 41.8 Å². The first-order valence-corrected chi connectivity index (χ1v) is 12.3. The largest absolute Gasteiger partial charge is 0.504 e. The number of hydrogen-bond acceptors (Lipinski definition) is 6. The van der Waals surface area contributed by atoms with Crippen molar-refractivity contribution in [3.05, 3.63) is 105 Å². The molecule has 4 aromatic rings. The third-order valence-electron chi connectivity index (χ3n) is 4.86. The summed E-state index contributed by atoms with van der Waals surface area (Å²) in [4.78, 5) is 8.58. The van der Waals surface area contributed by atoms with E-state index in [-0.39, 0.29) is 28.3 Å². The van der Waals surface area contributed by atoms with Gasteiger partial charge >= 0.3 is 0 Å². The van der Waals surface area contributed by atoms with Gasteiger partial charge in [0.15, 0.2) is 23.0 Å². The summed E-state index contributed by atoms with van der Waals surface area (Å²) >= 11 is 6.73. The standard InChI is InChI=1S/2C14H12BrNO2.Co/c2*1-18-13-4-2-3-10(14(13)17)9-16-12-7-5-11(15)6-8-12;/h2*2-9,17H,1H3;. The molecule has 0 saturated heterocycles. The van der Waals surface area contributed by atoms with Crippen LogP contribution in [0.2, 0.25) is 0 Å². The number of ether oxygens (including phenoxy) is 2. The third kappa shape index (κ3) is 9.05. The molecule has 0 bridgehead atoms. The molecule has 0 amide bonds. The fourth-order valence-electron chi connectivity index (χ4n) is 2.96. The van der Waals surface area contributed by atoms with Gasteiger partial charge in [0.25, 0.3) is 0 Å². The number of benzene rings is 4. The van der Waals surface area contributed by atoms with Crippen molar-refractivity contribution in [2.24, 2.45) is 9.98 Å². The van der Waals surface area contributed by atoms with E-state index in [0.717, 1.165) is 20.3 Å². The molecular weight excluding hydrogens is 647 g/mol. The van der Waals surface area contributed by atoms with Crippen LogP contribution in [0, 0.1) is 0 Å². The molecule has 0 heterocycles. The van der Waals surface area contributed by atoms with Crippen LogP contribution >= 0.6 is 31.9 Å². The first-order chi connectivity index (χ1) is 17.4. The summed E-state index contributed by atoms with van der Waals surface area (Å²) in [7, 11) is 3.04. The molecule has 0 aliphatic carbocycles. The van der Waals surface area contributed by atoms with E-state index < -0.39 is 0 Å². The average Bonchev–Trinajstić information content (AvgIpc) is 2.90. The monoisotopic (exact) mass is 669 g/mol. The number of para-hydroxylation sites is 2. The van der Waals surface area contributed by atoms with E-state index in [1.54, 1.807) is 36.7 Å². The molecule has 0 aliphatic rings. The number of phenolic OH excluding ortho intramolecular Hbond substituents is 2. The molecule has 0 fully saturated rings. The van der Waals surface area contributed by atoms with Gasteiger partial charge in [-0.1, -0.05) is 44.0 Å². The number of rotatable bonds is 6.